The first kappa shape index (κ1) is 28.3. The number of aromatic amines is 1. The standard InChI is InChI=1S/C20H37N3O8P2/c1-7-29-33(27,30-8-2)13-28-17-11-16(22-10-9-19(24)21-20(22)25)12-18(17)31-32(26)23(14(3)4)15(5)6/h9-10,14-18,26H,7-8,11-13H2,1-6H3,(H,21,24,25)/t16-,17+,18+,32?/m0/s1. The van der Waals surface area contributed by atoms with Crippen LogP contribution in [0.5, 0.6) is 0 Å². The molecule has 1 aromatic heterocycles. The van der Waals surface area contributed by atoms with Gasteiger partial charge in [0.05, 0.1) is 25.4 Å². The van der Waals surface area contributed by atoms with Crippen LogP contribution in [0.3, 0.4) is 0 Å². The molecule has 11 nitrogen and oxygen atoms in total. The van der Waals surface area contributed by atoms with Crippen molar-refractivity contribution in [3.63, 3.8) is 0 Å². The van der Waals surface area contributed by atoms with Crippen LogP contribution in [0.2, 0.25) is 0 Å². The van der Waals surface area contributed by atoms with Gasteiger partial charge in [-0.15, -0.1) is 0 Å². The molecule has 0 bridgehead atoms. The molecule has 4 atom stereocenters. The Kier molecular flexibility index (Phi) is 10.9. The first-order chi connectivity index (χ1) is 15.5. The highest BCUT2D eigenvalue weighted by Gasteiger charge is 2.41. The number of nitrogens with one attached hydrogen (secondary N) is 1. The molecule has 2 rings (SSSR count). The van der Waals surface area contributed by atoms with E-state index >= 15 is 0 Å². The zero-order chi connectivity index (χ0) is 24.8. The second-order valence-electron chi connectivity index (χ2n) is 8.39. The monoisotopic (exact) mass is 509 g/mol. The van der Waals surface area contributed by atoms with Crippen LogP contribution < -0.4 is 11.2 Å². The zero-order valence-corrected chi connectivity index (χ0v) is 22.0. The summed E-state index contributed by atoms with van der Waals surface area (Å²) in [6.45, 7) is 11.7. The van der Waals surface area contributed by atoms with E-state index in [9.17, 15) is 19.0 Å². The third-order valence-electron chi connectivity index (χ3n) is 5.25. The molecule has 1 unspecified atom stereocenters. The first-order valence-electron chi connectivity index (χ1n) is 11.3. The van der Waals surface area contributed by atoms with Crippen molar-refractivity contribution >= 4 is 16.1 Å². The van der Waals surface area contributed by atoms with Crippen molar-refractivity contribution in [2.24, 2.45) is 0 Å². The molecule has 0 radical (unpaired) electrons. The lowest BCUT2D eigenvalue weighted by Gasteiger charge is -2.35. The number of H-pyrrole nitrogens is 1. The molecule has 1 fully saturated rings. The molecule has 0 amide bonds. The van der Waals surface area contributed by atoms with Gasteiger partial charge in [0.1, 0.15) is 6.35 Å². The molecule has 13 heteroatoms. The molecular formula is C20H37N3O8P2. The fourth-order valence-corrected chi connectivity index (χ4v) is 6.77. The second kappa shape index (κ2) is 12.7. The SMILES string of the molecule is CCOP(=O)(CO[C@@H]1C[C@H](n2ccc(=O)[nH]c2=O)C[C@H]1OP(O)N(C(C)C)C(C)C)OCC. The van der Waals surface area contributed by atoms with Crippen LogP contribution in [0.1, 0.15) is 60.4 Å². The molecule has 33 heavy (non-hydrogen) atoms. The van der Waals surface area contributed by atoms with E-state index in [4.69, 9.17) is 18.3 Å². The van der Waals surface area contributed by atoms with Crippen LogP contribution in [-0.4, -0.2) is 63.0 Å². The molecule has 1 heterocycles. The lowest BCUT2D eigenvalue weighted by molar-refractivity contribution is -0.000506. The molecule has 1 aromatic rings. The van der Waals surface area contributed by atoms with E-state index in [1.165, 1.54) is 16.8 Å². The minimum absolute atomic E-state index is 0.0515. The van der Waals surface area contributed by atoms with Crippen LogP contribution in [-0.2, 0) is 22.9 Å². The molecule has 0 aromatic carbocycles. The van der Waals surface area contributed by atoms with Crippen LogP contribution >= 0.6 is 16.1 Å². The van der Waals surface area contributed by atoms with Crippen molar-refractivity contribution in [3.05, 3.63) is 33.1 Å². The number of hydrogen-bond donors (Lipinski definition) is 2. The third-order valence-corrected chi connectivity index (χ3v) is 8.80. The molecule has 0 spiro atoms. The number of rotatable bonds is 13. The maximum absolute atomic E-state index is 12.9. The maximum atomic E-state index is 12.9. The third kappa shape index (κ3) is 7.80. The summed E-state index contributed by atoms with van der Waals surface area (Å²) in [7, 11) is -5.39. The van der Waals surface area contributed by atoms with Crippen molar-refractivity contribution < 1.29 is 27.8 Å². The zero-order valence-electron chi connectivity index (χ0n) is 20.2. The van der Waals surface area contributed by atoms with Gasteiger partial charge in [0, 0.05) is 30.4 Å². The predicted octanol–water partition coefficient (Wildman–Crippen LogP) is 3.20. The fraction of sp³-hybridized carbons (Fsp3) is 0.800. The van der Waals surface area contributed by atoms with E-state index in [0.29, 0.717) is 12.8 Å². The summed E-state index contributed by atoms with van der Waals surface area (Å²) in [5, 5.41) is 0. The van der Waals surface area contributed by atoms with Crippen molar-refractivity contribution in [2.75, 3.05) is 19.6 Å². The second-order valence-corrected chi connectivity index (χ2v) is 11.6. The molecule has 0 aliphatic heterocycles. The Hall–Kier alpha value is -0.900. The summed E-state index contributed by atoms with van der Waals surface area (Å²) in [5.74, 6) is 0. The molecule has 0 saturated heterocycles. The van der Waals surface area contributed by atoms with Crippen molar-refractivity contribution in [3.8, 4) is 0 Å². The largest absolute Gasteiger partial charge is 0.363 e. The van der Waals surface area contributed by atoms with Gasteiger partial charge < -0.3 is 23.2 Å². The van der Waals surface area contributed by atoms with Crippen molar-refractivity contribution in [2.45, 2.75) is 84.7 Å². The summed E-state index contributed by atoms with van der Waals surface area (Å²) in [5.41, 5.74) is -1.01. The van der Waals surface area contributed by atoms with Gasteiger partial charge in [-0.3, -0.25) is 18.9 Å². The number of aromatic nitrogens is 2. The van der Waals surface area contributed by atoms with E-state index in [1.54, 1.807) is 13.8 Å². The predicted molar refractivity (Wildman–Crippen MR) is 126 cm³/mol. The Morgan fingerprint density at radius 3 is 2.24 bits per heavy atom. The minimum Gasteiger partial charge on any atom is -0.363 e. The topological polar surface area (TPSA) is 132 Å². The van der Waals surface area contributed by atoms with Gasteiger partial charge in [-0.2, -0.15) is 0 Å². The average Bonchev–Trinajstić information content (AvgIpc) is 3.08. The Labute approximate surface area is 195 Å². The summed E-state index contributed by atoms with van der Waals surface area (Å²) >= 11 is 0. The smallest absolute Gasteiger partial charge is 0.356 e. The summed E-state index contributed by atoms with van der Waals surface area (Å²) in [4.78, 5) is 36.9. The summed E-state index contributed by atoms with van der Waals surface area (Å²) < 4.78 is 38.8. The van der Waals surface area contributed by atoms with Crippen molar-refractivity contribution in [1.29, 1.82) is 0 Å². The highest BCUT2D eigenvalue weighted by atomic mass is 31.2. The van der Waals surface area contributed by atoms with E-state index in [-0.39, 0.29) is 37.7 Å². The van der Waals surface area contributed by atoms with Gasteiger partial charge in [-0.25, -0.2) is 9.46 Å². The summed E-state index contributed by atoms with van der Waals surface area (Å²) in [6.07, 6.45) is 0.762. The normalized spacial score (nSPS) is 22.5. The van der Waals surface area contributed by atoms with Gasteiger partial charge in [0.15, 0.2) is 0 Å². The lowest BCUT2D eigenvalue weighted by Crippen LogP contribution is -2.35. The molecular weight excluding hydrogens is 472 g/mol. The van der Waals surface area contributed by atoms with Gasteiger partial charge in [-0.05, 0) is 54.4 Å². The average molecular weight is 509 g/mol. The summed E-state index contributed by atoms with van der Waals surface area (Å²) in [6, 6.07) is 1.05. The highest BCUT2D eigenvalue weighted by molar-refractivity contribution is 7.53. The van der Waals surface area contributed by atoms with Gasteiger partial charge >= 0.3 is 13.3 Å². The van der Waals surface area contributed by atoms with Gasteiger partial charge in [0.25, 0.3) is 14.1 Å². The maximum Gasteiger partial charge on any atom is 0.356 e. The number of nitrogens with zero attached hydrogens (tertiary/aromatic N) is 2. The molecule has 1 saturated carbocycles. The quantitative estimate of drug-likeness (QED) is 0.385. The van der Waals surface area contributed by atoms with Crippen molar-refractivity contribution in [1.82, 2.24) is 14.2 Å². The van der Waals surface area contributed by atoms with E-state index in [1.807, 2.05) is 32.4 Å². The molecule has 1 aliphatic carbocycles. The Balaban J connectivity index is 2.25. The van der Waals surface area contributed by atoms with Crippen LogP contribution in [0, 0.1) is 0 Å². The Bertz CT molecular complexity index is 888. The van der Waals surface area contributed by atoms with E-state index in [2.05, 4.69) is 4.98 Å². The number of hydrogen-bond acceptors (Lipinski definition) is 9. The van der Waals surface area contributed by atoms with E-state index < -0.39 is 39.6 Å². The van der Waals surface area contributed by atoms with Crippen LogP contribution in [0.25, 0.3) is 0 Å². The molecule has 2 N–H and O–H groups in total. The molecule has 190 valence electrons. The van der Waals surface area contributed by atoms with Gasteiger partial charge in [0.2, 0.25) is 0 Å². The number of ether oxygens (including phenoxy) is 1. The van der Waals surface area contributed by atoms with Crippen LogP contribution in [0.4, 0.5) is 0 Å². The lowest BCUT2D eigenvalue weighted by atomic mass is 10.2. The van der Waals surface area contributed by atoms with Gasteiger partial charge in [-0.1, -0.05) is 0 Å². The van der Waals surface area contributed by atoms with Crippen LogP contribution in [0.15, 0.2) is 21.9 Å². The molecule has 1 aliphatic rings. The Morgan fingerprint density at radius 1 is 1.15 bits per heavy atom. The minimum atomic E-state index is -3.45. The Morgan fingerprint density at radius 2 is 1.73 bits per heavy atom. The first-order valence-corrected chi connectivity index (χ1v) is 14.2. The highest BCUT2D eigenvalue weighted by Crippen LogP contribution is 2.50. The van der Waals surface area contributed by atoms with E-state index in [0.717, 1.165) is 0 Å². The fourth-order valence-electron chi connectivity index (χ4n) is 4.02.